The zero-order valence-electron chi connectivity index (χ0n) is 18.3. The van der Waals surface area contributed by atoms with Gasteiger partial charge in [-0.1, -0.05) is 6.07 Å². The standard InChI is InChI=1S/C25H32N2O3/c1-23(2)20(25(7-8-25)18-6-4-5-9-26-18)27(21(23)28)19-16-10-15-11-17(19)14-24(12-15,13-16)22(29)30-3/h4-6,9,15-17,19-20H,7-8,10-14H2,1-3H3/t15?,16-,17+,19?,20?,24?. The number of β-lactam (4-membered cyclic amide) rings is 1. The monoisotopic (exact) mass is 408 g/mol. The van der Waals surface area contributed by atoms with E-state index in [-0.39, 0.29) is 34.3 Å². The summed E-state index contributed by atoms with van der Waals surface area (Å²) in [5, 5.41) is 0. The molecule has 1 amide bonds. The maximum Gasteiger partial charge on any atom is 0.311 e. The predicted molar refractivity (Wildman–Crippen MR) is 111 cm³/mol. The highest BCUT2D eigenvalue weighted by atomic mass is 16.5. The van der Waals surface area contributed by atoms with Gasteiger partial charge >= 0.3 is 5.97 Å². The smallest absolute Gasteiger partial charge is 0.311 e. The minimum absolute atomic E-state index is 0.00731. The van der Waals surface area contributed by atoms with Crippen LogP contribution >= 0.6 is 0 Å². The zero-order chi connectivity index (χ0) is 20.9. The average molecular weight is 409 g/mol. The lowest BCUT2D eigenvalue weighted by atomic mass is 9.46. The molecule has 1 aliphatic heterocycles. The fraction of sp³-hybridized carbons (Fsp3) is 0.720. The van der Waals surface area contributed by atoms with Crippen molar-refractivity contribution in [2.45, 2.75) is 76.3 Å². The van der Waals surface area contributed by atoms with Gasteiger partial charge in [0.15, 0.2) is 0 Å². The van der Waals surface area contributed by atoms with Gasteiger partial charge in [0.2, 0.25) is 5.91 Å². The molecule has 5 saturated carbocycles. The van der Waals surface area contributed by atoms with Crippen molar-refractivity contribution >= 4 is 11.9 Å². The topological polar surface area (TPSA) is 59.5 Å². The second kappa shape index (κ2) is 5.86. The number of hydrogen-bond donors (Lipinski definition) is 0. The van der Waals surface area contributed by atoms with Crippen LogP contribution in [0.5, 0.6) is 0 Å². The fourth-order valence-electron chi connectivity index (χ4n) is 8.49. The number of pyridine rings is 1. The third-order valence-corrected chi connectivity index (χ3v) is 9.40. The van der Waals surface area contributed by atoms with Gasteiger partial charge in [0, 0.05) is 23.3 Å². The lowest BCUT2D eigenvalue weighted by molar-refractivity contribution is -0.206. The van der Waals surface area contributed by atoms with Crippen molar-refractivity contribution in [2.24, 2.45) is 28.6 Å². The van der Waals surface area contributed by atoms with Crippen LogP contribution in [0.2, 0.25) is 0 Å². The van der Waals surface area contributed by atoms with E-state index in [0.717, 1.165) is 50.6 Å². The van der Waals surface area contributed by atoms with Gasteiger partial charge in [-0.25, -0.2) is 0 Å². The van der Waals surface area contributed by atoms with Gasteiger partial charge in [-0.3, -0.25) is 14.6 Å². The lowest BCUT2D eigenvalue weighted by Crippen LogP contribution is -2.77. The van der Waals surface area contributed by atoms with Crippen molar-refractivity contribution in [1.82, 2.24) is 9.88 Å². The molecule has 5 aliphatic carbocycles. The molecule has 0 radical (unpaired) electrons. The Morgan fingerprint density at radius 1 is 1.13 bits per heavy atom. The summed E-state index contributed by atoms with van der Waals surface area (Å²) in [5.74, 6) is 1.76. The largest absolute Gasteiger partial charge is 0.469 e. The number of hydrogen-bond acceptors (Lipinski definition) is 4. The summed E-state index contributed by atoms with van der Waals surface area (Å²) >= 11 is 0. The predicted octanol–water partition coefficient (Wildman–Crippen LogP) is 3.72. The fourth-order valence-corrected chi connectivity index (χ4v) is 8.49. The molecule has 5 heteroatoms. The van der Waals surface area contributed by atoms with E-state index in [9.17, 15) is 9.59 Å². The lowest BCUT2D eigenvalue weighted by Gasteiger charge is -2.67. The number of carbonyl (C=O) groups excluding carboxylic acids is 2. The van der Waals surface area contributed by atoms with Gasteiger partial charge in [0.25, 0.3) is 0 Å². The number of amides is 1. The van der Waals surface area contributed by atoms with Crippen molar-refractivity contribution in [2.75, 3.05) is 7.11 Å². The van der Waals surface area contributed by atoms with Gasteiger partial charge in [-0.05, 0) is 88.7 Å². The second-order valence-corrected chi connectivity index (χ2v) is 11.4. The summed E-state index contributed by atoms with van der Waals surface area (Å²) in [7, 11) is 1.53. The summed E-state index contributed by atoms with van der Waals surface area (Å²) < 4.78 is 5.24. The quantitative estimate of drug-likeness (QED) is 0.563. The molecular weight excluding hydrogens is 376 g/mol. The minimum atomic E-state index is -0.345. The summed E-state index contributed by atoms with van der Waals surface area (Å²) in [6, 6.07) is 6.68. The minimum Gasteiger partial charge on any atom is -0.469 e. The van der Waals surface area contributed by atoms with Gasteiger partial charge in [0.1, 0.15) is 0 Å². The molecule has 7 rings (SSSR count). The number of rotatable bonds is 4. The van der Waals surface area contributed by atoms with E-state index in [1.807, 2.05) is 12.3 Å². The van der Waals surface area contributed by atoms with E-state index in [0.29, 0.717) is 23.7 Å². The number of carbonyl (C=O) groups is 2. The third kappa shape index (κ3) is 2.22. The van der Waals surface area contributed by atoms with E-state index < -0.39 is 0 Å². The normalized spacial score (nSPS) is 42.0. The maximum atomic E-state index is 13.5. The van der Waals surface area contributed by atoms with Crippen LogP contribution in [0.3, 0.4) is 0 Å². The van der Waals surface area contributed by atoms with Gasteiger partial charge in [-0.15, -0.1) is 0 Å². The van der Waals surface area contributed by atoms with Crippen LogP contribution < -0.4 is 0 Å². The van der Waals surface area contributed by atoms with Crippen LogP contribution in [-0.2, 0) is 19.7 Å². The third-order valence-electron chi connectivity index (χ3n) is 9.40. The molecule has 1 aromatic heterocycles. The highest BCUT2D eigenvalue weighted by molar-refractivity contribution is 5.91. The van der Waals surface area contributed by atoms with Crippen LogP contribution in [0.4, 0.5) is 0 Å². The summed E-state index contributed by atoms with van der Waals surface area (Å²) in [6.07, 6.45) is 9.20. The average Bonchev–Trinajstić information content (AvgIpc) is 3.53. The van der Waals surface area contributed by atoms with Crippen LogP contribution in [0.15, 0.2) is 24.4 Å². The molecule has 160 valence electrons. The number of aromatic nitrogens is 1. The molecule has 6 atom stereocenters. The number of esters is 1. The Morgan fingerprint density at radius 2 is 1.83 bits per heavy atom. The Morgan fingerprint density at radius 3 is 2.40 bits per heavy atom. The molecule has 4 bridgehead atoms. The van der Waals surface area contributed by atoms with Crippen molar-refractivity contribution < 1.29 is 14.3 Å². The van der Waals surface area contributed by atoms with Crippen molar-refractivity contribution in [3.63, 3.8) is 0 Å². The number of likely N-dealkylation sites (tertiary alicyclic amines) is 1. The van der Waals surface area contributed by atoms with Crippen LogP contribution in [-0.4, -0.2) is 41.0 Å². The molecule has 6 aliphatic rings. The summed E-state index contributed by atoms with van der Waals surface area (Å²) in [6.45, 7) is 4.26. The summed E-state index contributed by atoms with van der Waals surface area (Å²) in [4.78, 5) is 33.2. The van der Waals surface area contributed by atoms with Crippen molar-refractivity contribution in [1.29, 1.82) is 0 Å². The molecule has 1 saturated heterocycles. The Kier molecular flexibility index (Phi) is 3.68. The molecule has 0 spiro atoms. The van der Waals surface area contributed by atoms with Gasteiger partial charge < -0.3 is 9.64 Å². The molecule has 1 aromatic rings. The molecule has 5 nitrogen and oxygen atoms in total. The molecular formula is C25H32N2O3. The Labute approximate surface area is 178 Å². The van der Waals surface area contributed by atoms with E-state index in [1.54, 1.807) is 0 Å². The Bertz CT molecular complexity index is 890. The van der Waals surface area contributed by atoms with Crippen molar-refractivity contribution in [3.8, 4) is 0 Å². The molecule has 0 N–H and O–H groups in total. The molecule has 2 heterocycles. The Hall–Kier alpha value is -1.91. The number of ether oxygens (including phenoxy) is 1. The molecule has 0 aromatic carbocycles. The second-order valence-electron chi connectivity index (χ2n) is 11.4. The highest BCUT2D eigenvalue weighted by Gasteiger charge is 2.72. The van der Waals surface area contributed by atoms with Crippen LogP contribution in [0, 0.1) is 28.6 Å². The van der Waals surface area contributed by atoms with Gasteiger partial charge in [-0.2, -0.15) is 0 Å². The molecule has 6 fully saturated rings. The highest BCUT2D eigenvalue weighted by Crippen LogP contribution is 2.66. The summed E-state index contributed by atoms with van der Waals surface area (Å²) in [5.41, 5.74) is 0.519. The zero-order valence-corrected chi connectivity index (χ0v) is 18.3. The van der Waals surface area contributed by atoms with E-state index >= 15 is 0 Å². The number of nitrogens with zero attached hydrogens (tertiary/aromatic N) is 2. The van der Waals surface area contributed by atoms with E-state index in [2.05, 4.69) is 30.9 Å². The van der Waals surface area contributed by atoms with Crippen LogP contribution in [0.25, 0.3) is 0 Å². The van der Waals surface area contributed by atoms with Crippen LogP contribution in [0.1, 0.15) is 64.5 Å². The maximum absolute atomic E-state index is 13.5. The first-order chi connectivity index (χ1) is 14.3. The molecule has 4 unspecified atom stereocenters. The first-order valence-electron chi connectivity index (χ1n) is 11.7. The first-order valence-corrected chi connectivity index (χ1v) is 11.7. The van der Waals surface area contributed by atoms with Crippen molar-refractivity contribution in [3.05, 3.63) is 30.1 Å². The number of methoxy groups -OCH3 is 1. The van der Waals surface area contributed by atoms with E-state index in [4.69, 9.17) is 9.72 Å². The van der Waals surface area contributed by atoms with Gasteiger partial charge in [0.05, 0.1) is 24.0 Å². The first kappa shape index (κ1) is 18.8. The SMILES string of the molecule is COC(=O)C12CC3C[C@H](C1)C(N1C(=O)C(C)(C)C1C1(c4ccccn4)CC1)[C@@H](C3)C2. The van der Waals surface area contributed by atoms with E-state index in [1.165, 1.54) is 7.11 Å². The molecule has 30 heavy (non-hydrogen) atoms. The Balaban J connectivity index is 1.36.